The molecule has 0 atom stereocenters. The Bertz CT molecular complexity index is 926. The molecule has 2 aromatic rings. The average molecular weight is 381 g/mol. The normalized spacial score (nSPS) is 14.1. The van der Waals surface area contributed by atoms with Crippen LogP contribution in [0, 0.1) is 12.7 Å². The Hall–Kier alpha value is -2.46. The minimum Gasteiger partial charge on any atom is -0.488 e. The lowest BCUT2D eigenvalue weighted by molar-refractivity contribution is 0.102. The zero-order valence-electron chi connectivity index (χ0n) is 17.4. The van der Waals surface area contributed by atoms with Gasteiger partial charge in [0.1, 0.15) is 18.2 Å². The number of halogens is 1. The highest BCUT2D eigenvalue weighted by Gasteiger charge is 2.36. The third kappa shape index (κ3) is 3.74. The Labute approximate surface area is 166 Å². The summed E-state index contributed by atoms with van der Waals surface area (Å²) < 4.78 is 21.4. The van der Waals surface area contributed by atoms with E-state index in [4.69, 9.17) is 4.74 Å². The molecule has 0 saturated carbocycles. The number of Topliss-reactive ketones (excluding diaryl/α,β-unsaturated/α-hetero) is 1. The minimum atomic E-state index is -0.307. The van der Waals surface area contributed by atoms with Gasteiger partial charge in [0, 0.05) is 29.8 Å². The van der Waals surface area contributed by atoms with Crippen LogP contribution in [0.15, 0.2) is 42.5 Å². The van der Waals surface area contributed by atoms with Gasteiger partial charge in [-0.2, -0.15) is 0 Å². The van der Waals surface area contributed by atoms with Crippen molar-refractivity contribution in [2.75, 3.05) is 0 Å². The molecule has 0 spiro atoms. The van der Waals surface area contributed by atoms with Crippen molar-refractivity contribution in [1.82, 2.24) is 4.90 Å². The van der Waals surface area contributed by atoms with Crippen molar-refractivity contribution < 1.29 is 13.9 Å². The lowest BCUT2D eigenvalue weighted by Crippen LogP contribution is -2.36. The summed E-state index contributed by atoms with van der Waals surface area (Å²) in [6, 6.07) is 9.78. The summed E-state index contributed by atoms with van der Waals surface area (Å²) >= 11 is 0. The van der Waals surface area contributed by atoms with Crippen molar-refractivity contribution in [3.05, 3.63) is 76.1 Å². The molecule has 0 radical (unpaired) electrons. The number of hydrogen-bond donors (Lipinski definition) is 0. The molecule has 148 valence electrons. The molecule has 0 aromatic heterocycles. The molecular formula is C24H28FNO2. The van der Waals surface area contributed by atoms with Crippen molar-refractivity contribution in [3.8, 4) is 5.75 Å². The minimum absolute atomic E-state index is 0.116. The van der Waals surface area contributed by atoms with Crippen LogP contribution >= 0.6 is 0 Å². The quantitative estimate of drug-likeness (QED) is 0.500. The lowest BCUT2D eigenvalue weighted by atomic mass is 9.93. The van der Waals surface area contributed by atoms with Crippen LogP contribution in [0.4, 0.5) is 4.39 Å². The smallest absolute Gasteiger partial charge is 0.192 e. The van der Waals surface area contributed by atoms with Crippen LogP contribution in [0.2, 0.25) is 0 Å². The van der Waals surface area contributed by atoms with Gasteiger partial charge >= 0.3 is 0 Å². The highest BCUT2D eigenvalue weighted by atomic mass is 19.1. The van der Waals surface area contributed by atoms with Crippen LogP contribution in [-0.4, -0.2) is 16.2 Å². The van der Waals surface area contributed by atoms with Crippen molar-refractivity contribution in [1.29, 1.82) is 0 Å². The first-order valence-electron chi connectivity index (χ1n) is 9.57. The molecule has 1 aliphatic rings. The average Bonchev–Trinajstić information content (AvgIpc) is 3.09. The lowest BCUT2D eigenvalue weighted by Gasteiger charge is -2.31. The Kier molecular flexibility index (Phi) is 5.44. The number of hydrogen-bond acceptors (Lipinski definition) is 3. The molecule has 2 aromatic carbocycles. The van der Waals surface area contributed by atoms with E-state index in [0.29, 0.717) is 47.7 Å². The van der Waals surface area contributed by atoms with Gasteiger partial charge in [-0.3, -0.25) is 9.69 Å². The maximum absolute atomic E-state index is 15.2. The highest BCUT2D eigenvalue weighted by molar-refractivity contribution is 6.11. The first kappa shape index (κ1) is 20.3. The van der Waals surface area contributed by atoms with Gasteiger partial charge in [-0.25, -0.2) is 4.39 Å². The summed E-state index contributed by atoms with van der Waals surface area (Å²) in [6.07, 6.45) is 0. The van der Waals surface area contributed by atoms with E-state index in [1.54, 1.807) is 13.8 Å². The fourth-order valence-electron chi connectivity index (χ4n) is 3.55. The Morgan fingerprint density at radius 1 is 1.18 bits per heavy atom. The SMILES string of the molecule is C=C(C)C(=O)c1c(C)c(F)c2c(c1OCc1ccccc1)CN(C(C)(C)C)C2. The van der Waals surface area contributed by atoms with Gasteiger partial charge in [0.2, 0.25) is 0 Å². The number of carbonyl (C=O) groups is 1. The van der Waals surface area contributed by atoms with Gasteiger partial charge in [-0.15, -0.1) is 0 Å². The van der Waals surface area contributed by atoms with Crippen molar-refractivity contribution >= 4 is 5.78 Å². The zero-order chi connectivity index (χ0) is 20.6. The molecule has 0 fully saturated rings. The van der Waals surface area contributed by atoms with E-state index in [1.807, 2.05) is 30.3 Å². The molecular weight excluding hydrogens is 353 g/mol. The molecule has 0 aliphatic carbocycles. The fourth-order valence-corrected chi connectivity index (χ4v) is 3.55. The van der Waals surface area contributed by atoms with E-state index in [0.717, 1.165) is 11.1 Å². The van der Waals surface area contributed by atoms with Gasteiger partial charge in [0.05, 0.1) is 5.56 Å². The van der Waals surface area contributed by atoms with E-state index >= 15 is 4.39 Å². The molecule has 4 heteroatoms. The fraction of sp³-hybridized carbons (Fsp3) is 0.375. The van der Waals surface area contributed by atoms with Crippen LogP contribution in [0.1, 0.15) is 60.3 Å². The Morgan fingerprint density at radius 3 is 2.36 bits per heavy atom. The van der Waals surface area contributed by atoms with Crippen LogP contribution in [0.3, 0.4) is 0 Å². The summed E-state index contributed by atoms with van der Waals surface area (Å²) in [5, 5.41) is 0. The molecule has 0 amide bonds. The van der Waals surface area contributed by atoms with Crippen LogP contribution in [0.25, 0.3) is 0 Å². The monoisotopic (exact) mass is 381 g/mol. The van der Waals surface area contributed by atoms with E-state index in [1.165, 1.54) is 0 Å². The van der Waals surface area contributed by atoms with Crippen molar-refractivity contribution in [3.63, 3.8) is 0 Å². The molecule has 0 unspecified atom stereocenters. The summed E-state index contributed by atoms with van der Waals surface area (Å²) in [4.78, 5) is 15.1. The number of carbonyl (C=O) groups excluding carboxylic acids is 1. The zero-order valence-corrected chi connectivity index (χ0v) is 17.4. The van der Waals surface area contributed by atoms with Gasteiger partial charge < -0.3 is 4.74 Å². The van der Waals surface area contributed by atoms with Crippen LogP contribution in [-0.2, 0) is 19.7 Å². The number of ketones is 1. The topological polar surface area (TPSA) is 29.5 Å². The van der Waals surface area contributed by atoms with Crippen molar-refractivity contribution in [2.45, 2.75) is 59.9 Å². The number of fused-ring (bicyclic) bond motifs is 1. The van der Waals surface area contributed by atoms with Crippen LogP contribution in [0.5, 0.6) is 5.75 Å². The first-order valence-corrected chi connectivity index (χ1v) is 9.57. The van der Waals surface area contributed by atoms with Crippen LogP contribution < -0.4 is 4.74 Å². The molecule has 3 nitrogen and oxygen atoms in total. The third-order valence-electron chi connectivity index (χ3n) is 5.32. The van der Waals surface area contributed by atoms with Gasteiger partial charge in [-0.05, 0) is 51.3 Å². The summed E-state index contributed by atoms with van der Waals surface area (Å²) in [5.41, 5.74) is 3.30. The van der Waals surface area contributed by atoms with Gasteiger partial charge in [0.25, 0.3) is 0 Å². The molecule has 3 rings (SSSR count). The molecule has 0 saturated heterocycles. The molecule has 1 heterocycles. The summed E-state index contributed by atoms with van der Waals surface area (Å²) in [5.74, 6) is -0.0765. The van der Waals surface area contributed by atoms with E-state index in [2.05, 4.69) is 32.3 Å². The third-order valence-corrected chi connectivity index (χ3v) is 5.32. The maximum atomic E-state index is 15.2. The van der Waals surface area contributed by atoms with E-state index in [9.17, 15) is 4.79 Å². The number of rotatable bonds is 5. The second kappa shape index (κ2) is 7.51. The van der Waals surface area contributed by atoms with Crippen molar-refractivity contribution in [2.24, 2.45) is 0 Å². The maximum Gasteiger partial charge on any atom is 0.192 e. The molecule has 28 heavy (non-hydrogen) atoms. The highest BCUT2D eigenvalue weighted by Crippen LogP contribution is 2.41. The van der Waals surface area contributed by atoms with E-state index in [-0.39, 0.29) is 17.1 Å². The predicted molar refractivity (Wildman–Crippen MR) is 110 cm³/mol. The van der Waals surface area contributed by atoms with E-state index < -0.39 is 0 Å². The number of nitrogens with zero attached hydrogens (tertiary/aromatic N) is 1. The predicted octanol–water partition coefficient (Wildman–Crippen LogP) is 5.59. The second-order valence-electron chi connectivity index (χ2n) is 8.51. The second-order valence-corrected chi connectivity index (χ2v) is 8.51. The van der Waals surface area contributed by atoms with Gasteiger partial charge in [0.15, 0.2) is 5.78 Å². The molecule has 1 aliphatic heterocycles. The largest absolute Gasteiger partial charge is 0.488 e. The summed E-state index contributed by atoms with van der Waals surface area (Å²) in [6.45, 7) is 14.8. The standard InChI is InChI=1S/C24H28FNO2/c1-15(2)22(27)20-16(3)21(25)18-12-26(24(4,5)6)13-19(18)23(20)28-14-17-10-8-7-9-11-17/h7-11H,1,12-14H2,2-6H3. The first-order chi connectivity index (χ1) is 13.1. The molecule has 0 N–H and O–H groups in total. The number of ether oxygens (including phenoxy) is 1. The van der Waals surface area contributed by atoms with Gasteiger partial charge in [-0.1, -0.05) is 36.9 Å². The number of benzene rings is 2. The molecule has 0 bridgehead atoms. The Morgan fingerprint density at radius 2 is 1.79 bits per heavy atom. The summed E-state index contributed by atoms with van der Waals surface area (Å²) in [7, 11) is 0. The number of allylic oxidation sites excluding steroid dienone is 1. The Balaban J connectivity index is 2.12.